The number of Topliss-reactive ketones (excluding diaryl/α,β-unsaturated/α-hetero) is 1. The first-order chi connectivity index (χ1) is 14.6. The van der Waals surface area contributed by atoms with E-state index >= 15 is 0 Å². The maximum Gasteiger partial charge on any atom is 0.230 e. The van der Waals surface area contributed by atoms with Crippen LogP contribution in [0.2, 0.25) is 0 Å². The van der Waals surface area contributed by atoms with Crippen LogP contribution in [0.1, 0.15) is 34.8 Å². The van der Waals surface area contributed by atoms with Crippen LogP contribution in [0.4, 0.5) is 0 Å². The zero-order chi connectivity index (χ0) is 20.9. The van der Waals surface area contributed by atoms with E-state index in [1.54, 1.807) is 0 Å². The molecule has 0 unspecified atom stereocenters. The number of benzene rings is 2. The Morgan fingerprint density at radius 2 is 1.73 bits per heavy atom. The van der Waals surface area contributed by atoms with E-state index in [0.717, 1.165) is 32.6 Å². The summed E-state index contributed by atoms with van der Waals surface area (Å²) in [6.45, 7) is 2.71. The third-order valence-corrected chi connectivity index (χ3v) is 7.92. The number of fused-ring (bicyclic) bond motifs is 3. The highest BCUT2D eigenvalue weighted by molar-refractivity contribution is 8.03. The third-order valence-electron chi connectivity index (χ3n) is 4.73. The van der Waals surface area contributed by atoms with Crippen LogP contribution < -0.4 is 5.32 Å². The average Bonchev–Trinajstić information content (AvgIpc) is 3.38. The van der Waals surface area contributed by atoms with Crippen molar-refractivity contribution in [3.63, 3.8) is 0 Å². The minimum absolute atomic E-state index is 0.000357. The number of hydrogen-bond donors (Lipinski definition) is 1. The summed E-state index contributed by atoms with van der Waals surface area (Å²) in [6.07, 6.45) is 1.84. The van der Waals surface area contributed by atoms with Gasteiger partial charge in [0.2, 0.25) is 5.91 Å². The first kappa shape index (κ1) is 21.1. The van der Waals surface area contributed by atoms with Crippen molar-refractivity contribution in [2.45, 2.75) is 28.4 Å². The Hall–Kier alpha value is -2.16. The van der Waals surface area contributed by atoms with Crippen LogP contribution in [0.15, 0.2) is 51.1 Å². The smallest absolute Gasteiger partial charge is 0.230 e. The molecule has 1 heterocycles. The second-order valence-corrected chi connectivity index (χ2v) is 10.3. The summed E-state index contributed by atoms with van der Waals surface area (Å²) in [5, 5.41) is 11.1. The lowest BCUT2D eigenvalue weighted by atomic mass is 10.0. The van der Waals surface area contributed by atoms with Crippen LogP contribution in [0, 0.1) is 0 Å². The summed E-state index contributed by atoms with van der Waals surface area (Å²) in [4.78, 5) is 24.4. The van der Waals surface area contributed by atoms with Gasteiger partial charge in [-0.1, -0.05) is 78.2 Å². The highest BCUT2D eigenvalue weighted by Gasteiger charge is 2.20. The molecule has 1 amide bonds. The second kappa shape index (κ2) is 9.76. The van der Waals surface area contributed by atoms with E-state index in [0.29, 0.717) is 18.1 Å². The Bertz CT molecular complexity index is 1080. The molecule has 0 spiro atoms. The fourth-order valence-corrected chi connectivity index (χ4v) is 6.01. The van der Waals surface area contributed by atoms with Gasteiger partial charge in [0.05, 0.1) is 11.5 Å². The Kier molecular flexibility index (Phi) is 6.86. The number of carbonyl (C=O) groups is 2. The number of thioether (sulfide) groups is 2. The number of ketones is 1. The molecule has 8 heteroatoms. The maximum atomic E-state index is 12.7. The third kappa shape index (κ3) is 4.94. The quantitative estimate of drug-likeness (QED) is 0.291. The molecule has 0 saturated heterocycles. The summed E-state index contributed by atoms with van der Waals surface area (Å²) in [5.41, 5.74) is 5.70. The van der Waals surface area contributed by atoms with Crippen molar-refractivity contribution in [3.05, 3.63) is 59.2 Å². The maximum absolute atomic E-state index is 12.7. The van der Waals surface area contributed by atoms with E-state index in [1.165, 1.54) is 51.6 Å². The molecule has 2 aromatic carbocycles. The van der Waals surface area contributed by atoms with E-state index in [9.17, 15) is 9.59 Å². The van der Waals surface area contributed by atoms with Gasteiger partial charge in [-0.25, -0.2) is 0 Å². The van der Waals surface area contributed by atoms with Crippen LogP contribution >= 0.6 is 34.9 Å². The summed E-state index contributed by atoms with van der Waals surface area (Å²) in [6, 6.07) is 14.4. The van der Waals surface area contributed by atoms with Gasteiger partial charge in [0.1, 0.15) is 0 Å². The fraction of sp³-hybridized carbons (Fsp3) is 0.273. The molecule has 0 aliphatic heterocycles. The Morgan fingerprint density at radius 1 is 1.00 bits per heavy atom. The fourth-order valence-electron chi connectivity index (χ4n) is 3.26. The van der Waals surface area contributed by atoms with Gasteiger partial charge >= 0.3 is 0 Å². The molecular formula is C22H21N3O2S3. The normalized spacial score (nSPS) is 11.8. The predicted molar refractivity (Wildman–Crippen MR) is 124 cm³/mol. The standard InChI is InChI=1S/C22H21N3O2S3/c1-2-9-23-20(27)13-29-22-25-24-21(30-22)28-12-19(26)16-8-7-15-10-14-5-3-4-6-17(14)18(15)11-16/h3-8,11H,2,9-10,12-13H2,1H3,(H,23,27). The molecule has 5 nitrogen and oxygen atoms in total. The first-order valence-electron chi connectivity index (χ1n) is 9.74. The van der Waals surface area contributed by atoms with Crippen molar-refractivity contribution in [1.82, 2.24) is 15.5 Å². The molecule has 0 atom stereocenters. The molecule has 0 radical (unpaired) electrons. The molecule has 30 heavy (non-hydrogen) atoms. The van der Waals surface area contributed by atoms with Gasteiger partial charge in [0.15, 0.2) is 14.5 Å². The number of aromatic nitrogens is 2. The average molecular weight is 456 g/mol. The van der Waals surface area contributed by atoms with Crippen molar-refractivity contribution in [1.29, 1.82) is 0 Å². The van der Waals surface area contributed by atoms with E-state index in [-0.39, 0.29) is 11.7 Å². The Morgan fingerprint density at radius 3 is 2.53 bits per heavy atom. The molecule has 4 rings (SSSR count). The molecule has 1 N–H and O–H groups in total. The van der Waals surface area contributed by atoms with E-state index < -0.39 is 0 Å². The molecule has 0 fully saturated rings. The highest BCUT2D eigenvalue weighted by atomic mass is 32.2. The van der Waals surface area contributed by atoms with Gasteiger partial charge in [-0.15, -0.1) is 10.2 Å². The molecule has 154 valence electrons. The lowest BCUT2D eigenvalue weighted by Gasteiger charge is -2.04. The van der Waals surface area contributed by atoms with Crippen molar-refractivity contribution in [2.24, 2.45) is 0 Å². The van der Waals surface area contributed by atoms with Crippen LogP contribution in [0.5, 0.6) is 0 Å². The van der Waals surface area contributed by atoms with Crippen molar-refractivity contribution >= 4 is 46.6 Å². The summed E-state index contributed by atoms with van der Waals surface area (Å²) in [5.74, 6) is 0.723. The largest absolute Gasteiger partial charge is 0.355 e. The number of amides is 1. The lowest BCUT2D eigenvalue weighted by Crippen LogP contribution is -2.25. The summed E-state index contributed by atoms with van der Waals surface area (Å²) in [7, 11) is 0. The number of carbonyl (C=O) groups excluding carboxylic acids is 2. The second-order valence-electron chi connectivity index (χ2n) is 6.89. The monoisotopic (exact) mass is 455 g/mol. The van der Waals surface area contributed by atoms with Crippen molar-refractivity contribution in [3.8, 4) is 11.1 Å². The van der Waals surface area contributed by atoms with Crippen LogP contribution in [0.25, 0.3) is 11.1 Å². The topological polar surface area (TPSA) is 72.0 Å². The predicted octanol–water partition coefficient (Wildman–Crippen LogP) is 4.70. The van der Waals surface area contributed by atoms with Crippen molar-refractivity contribution < 1.29 is 9.59 Å². The SMILES string of the molecule is CCCNC(=O)CSc1nnc(SCC(=O)c2ccc3c(c2)-c2ccccc2C3)s1. The lowest BCUT2D eigenvalue weighted by molar-refractivity contribution is -0.118. The van der Waals surface area contributed by atoms with Gasteiger partial charge in [-0.3, -0.25) is 9.59 Å². The molecule has 1 aliphatic rings. The Labute approximate surface area is 188 Å². The molecule has 1 aliphatic carbocycles. The molecule has 3 aromatic rings. The highest BCUT2D eigenvalue weighted by Crippen LogP contribution is 2.37. The summed E-state index contributed by atoms with van der Waals surface area (Å²) >= 11 is 4.18. The van der Waals surface area contributed by atoms with E-state index in [4.69, 9.17) is 0 Å². The minimum Gasteiger partial charge on any atom is -0.355 e. The van der Waals surface area contributed by atoms with Crippen LogP contribution in [0.3, 0.4) is 0 Å². The van der Waals surface area contributed by atoms with Crippen molar-refractivity contribution in [2.75, 3.05) is 18.1 Å². The molecule has 1 aromatic heterocycles. The van der Waals surface area contributed by atoms with E-state index in [2.05, 4.69) is 39.8 Å². The van der Waals surface area contributed by atoms with Crippen LogP contribution in [-0.2, 0) is 11.2 Å². The molecule has 0 saturated carbocycles. The minimum atomic E-state index is -0.000357. The van der Waals surface area contributed by atoms with Gasteiger partial charge in [-0.2, -0.15) is 0 Å². The number of hydrogen-bond acceptors (Lipinski definition) is 7. The number of rotatable bonds is 9. The zero-order valence-corrected chi connectivity index (χ0v) is 19.0. The number of nitrogens with one attached hydrogen (secondary N) is 1. The molecule has 0 bridgehead atoms. The van der Waals surface area contributed by atoms with E-state index in [1.807, 2.05) is 25.1 Å². The number of nitrogens with zero attached hydrogens (tertiary/aromatic N) is 2. The summed E-state index contributed by atoms with van der Waals surface area (Å²) < 4.78 is 1.48. The van der Waals surface area contributed by atoms with Gasteiger partial charge < -0.3 is 5.32 Å². The van der Waals surface area contributed by atoms with Gasteiger partial charge in [0.25, 0.3) is 0 Å². The van der Waals surface area contributed by atoms with Gasteiger partial charge in [0, 0.05) is 12.1 Å². The zero-order valence-electron chi connectivity index (χ0n) is 16.5. The molecular weight excluding hydrogens is 434 g/mol. The van der Waals surface area contributed by atoms with Crippen LogP contribution in [-0.4, -0.2) is 39.9 Å². The van der Waals surface area contributed by atoms with Gasteiger partial charge in [-0.05, 0) is 41.2 Å². The Balaban J connectivity index is 1.33. The first-order valence-corrected chi connectivity index (χ1v) is 12.5.